The third-order valence-electron chi connectivity index (χ3n) is 4.94. The van der Waals surface area contributed by atoms with E-state index in [1.807, 2.05) is 48.4 Å². The summed E-state index contributed by atoms with van der Waals surface area (Å²) >= 11 is 0. The number of pyridine rings is 1. The van der Waals surface area contributed by atoms with Crippen LogP contribution < -0.4 is 5.56 Å². The van der Waals surface area contributed by atoms with Crippen molar-refractivity contribution < 1.29 is 4.79 Å². The second-order valence-electron chi connectivity index (χ2n) is 6.78. The van der Waals surface area contributed by atoms with Crippen molar-refractivity contribution in [3.63, 3.8) is 0 Å². The Morgan fingerprint density at radius 3 is 2.48 bits per heavy atom. The monoisotopic (exact) mass is 335 g/mol. The lowest BCUT2D eigenvalue weighted by molar-refractivity contribution is 0.0793. The first-order chi connectivity index (χ1) is 12.0. The minimum Gasteiger partial charge on any atom is -0.354 e. The van der Waals surface area contributed by atoms with Gasteiger partial charge in [-0.1, -0.05) is 12.1 Å². The van der Waals surface area contributed by atoms with Crippen LogP contribution in [0.5, 0.6) is 0 Å². The minimum absolute atomic E-state index is 0.0346. The van der Waals surface area contributed by atoms with Crippen LogP contribution in [0, 0.1) is 6.92 Å². The zero-order valence-corrected chi connectivity index (χ0v) is 14.5. The van der Waals surface area contributed by atoms with Crippen LogP contribution in [0.2, 0.25) is 0 Å². The molecule has 5 nitrogen and oxygen atoms in total. The molecule has 0 atom stereocenters. The molecular weight excluding hydrogens is 314 g/mol. The third kappa shape index (κ3) is 2.65. The molecule has 1 amide bonds. The lowest BCUT2D eigenvalue weighted by Gasteiger charge is -2.15. The molecule has 0 radical (unpaired) electrons. The van der Waals surface area contributed by atoms with E-state index in [2.05, 4.69) is 4.98 Å². The predicted molar refractivity (Wildman–Crippen MR) is 98.9 cm³/mol. The average molecular weight is 335 g/mol. The predicted octanol–water partition coefficient (Wildman–Crippen LogP) is 3.08. The number of aromatic amines is 1. The molecule has 3 heterocycles. The molecule has 3 aromatic rings. The molecule has 1 aliphatic rings. The van der Waals surface area contributed by atoms with Gasteiger partial charge >= 0.3 is 0 Å². The van der Waals surface area contributed by atoms with Crippen molar-refractivity contribution in [2.75, 3.05) is 13.1 Å². The van der Waals surface area contributed by atoms with Gasteiger partial charge in [-0.2, -0.15) is 0 Å². The van der Waals surface area contributed by atoms with Gasteiger partial charge in [0, 0.05) is 48.5 Å². The van der Waals surface area contributed by atoms with Gasteiger partial charge in [0.2, 0.25) is 0 Å². The lowest BCUT2D eigenvalue weighted by atomic mass is 10.0. The van der Waals surface area contributed by atoms with E-state index >= 15 is 0 Å². The number of carbonyl (C=O) groups excluding carboxylic acids is 1. The summed E-state index contributed by atoms with van der Waals surface area (Å²) in [5, 5.41) is 0.916. The van der Waals surface area contributed by atoms with Crippen molar-refractivity contribution in [3.05, 3.63) is 58.1 Å². The van der Waals surface area contributed by atoms with E-state index in [4.69, 9.17) is 0 Å². The first-order valence-corrected chi connectivity index (χ1v) is 8.63. The number of fused-ring (bicyclic) bond motifs is 1. The van der Waals surface area contributed by atoms with Crippen LogP contribution in [0.15, 0.2) is 41.3 Å². The number of benzene rings is 1. The van der Waals surface area contributed by atoms with E-state index in [-0.39, 0.29) is 11.5 Å². The van der Waals surface area contributed by atoms with Crippen molar-refractivity contribution in [3.8, 4) is 11.1 Å². The number of hydrogen-bond donors (Lipinski definition) is 1. The lowest BCUT2D eigenvalue weighted by Crippen LogP contribution is -2.27. The quantitative estimate of drug-likeness (QED) is 0.782. The van der Waals surface area contributed by atoms with Crippen molar-refractivity contribution >= 4 is 16.8 Å². The number of nitrogens with zero attached hydrogens (tertiary/aromatic N) is 2. The minimum atomic E-state index is -0.0346. The standard InChI is InChI=1S/C20H21N3O2/c1-13-11-16-17(12-22(2)20(25)18(16)21-13)14-5-7-15(8-6-14)19(24)23-9-3-4-10-23/h5-8,11-12,21H,3-4,9-10H2,1-2H3. The summed E-state index contributed by atoms with van der Waals surface area (Å²) in [6, 6.07) is 9.68. The molecular formula is C20H21N3O2. The van der Waals surface area contributed by atoms with Crippen molar-refractivity contribution in [1.82, 2.24) is 14.5 Å². The SMILES string of the molecule is Cc1cc2c(-c3ccc(C(=O)N4CCCC4)cc3)cn(C)c(=O)c2[nH]1. The van der Waals surface area contributed by atoms with Crippen LogP contribution in [0.1, 0.15) is 28.9 Å². The van der Waals surface area contributed by atoms with Crippen molar-refractivity contribution in [2.24, 2.45) is 7.05 Å². The molecule has 1 N–H and O–H groups in total. The molecule has 5 heteroatoms. The smallest absolute Gasteiger partial charge is 0.274 e. The summed E-state index contributed by atoms with van der Waals surface area (Å²) in [6.45, 7) is 3.65. The van der Waals surface area contributed by atoms with Crippen LogP contribution in [0.25, 0.3) is 22.0 Å². The largest absolute Gasteiger partial charge is 0.354 e. The fourth-order valence-corrected chi connectivity index (χ4v) is 3.59. The highest BCUT2D eigenvalue weighted by Gasteiger charge is 2.19. The second kappa shape index (κ2) is 5.92. The summed E-state index contributed by atoms with van der Waals surface area (Å²) in [5.74, 6) is 0.104. The number of carbonyl (C=O) groups is 1. The first-order valence-electron chi connectivity index (χ1n) is 8.63. The van der Waals surface area contributed by atoms with Crippen LogP contribution in [-0.4, -0.2) is 33.4 Å². The van der Waals surface area contributed by atoms with Crippen LogP contribution in [0.4, 0.5) is 0 Å². The Morgan fingerprint density at radius 1 is 1.12 bits per heavy atom. The van der Waals surface area contributed by atoms with Gasteiger partial charge in [-0.05, 0) is 43.5 Å². The van der Waals surface area contributed by atoms with Gasteiger partial charge in [-0.25, -0.2) is 0 Å². The van der Waals surface area contributed by atoms with Gasteiger partial charge in [-0.3, -0.25) is 9.59 Å². The van der Waals surface area contributed by atoms with Gasteiger partial charge in [0.15, 0.2) is 0 Å². The highest BCUT2D eigenvalue weighted by atomic mass is 16.2. The molecule has 0 unspecified atom stereocenters. The molecule has 0 aliphatic carbocycles. The van der Waals surface area contributed by atoms with Gasteiger partial charge < -0.3 is 14.5 Å². The molecule has 0 bridgehead atoms. The Labute approximate surface area is 145 Å². The summed E-state index contributed by atoms with van der Waals surface area (Å²) < 4.78 is 1.59. The van der Waals surface area contributed by atoms with Gasteiger partial charge in [-0.15, -0.1) is 0 Å². The molecule has 1 aliphatic heterocycles. The second-order valence-corrected chi connectivity index (χ2v) is 6.78. The Bertz CT molecular complexity index is 1010. The number of aryl methyl sites for hydroxylation is 2. The van der Waals surface area contributed by atoms with Crippen LogP contribution in [0.3, 0.4) is 0 Å². The van der Waals surface area contributed by atoms with Gasteiger partial charge in [0.1, 0.15) is 5.52 Å². The molecule has 2 aromatic heterocycles. The fourth-order valence-electron chi connectivity index (χ4n) is 3.59. The summed E-state index contributed by atoms with van der Waals surface area (Å²) in [5.41, 5.74) is 4.25. The van der Waals surface area contributed by atoms with E-state index in [1.54, 1.807) is 11.6 Å². The highest BCUT2D eigenvalue weighted by Crippen LogP contribution is 2.28. The summed E-state index contributed by atoms with van der Waals surface area (Å²) in [4.78, 5) is 29.8. The van der Waals surface area contributed by atoms with Crippen molar-refractivity contribution in [2.45, 2.75) is 19.8 Å². The molecule has 1 fully saturated rings. The van der Waals surface area contributed by atoms with E-state index in [0.717, 1.165) is 53.7 Å². The van der Waals surface area contributed by atoms with E-state index in [0.29, 0.717) is 5.52 Å². The number of hydrogen-bond acceptors (Lipinski definition) is 2. The Morgan fingerprint density at radius 2 is 1.80 bits per heavy atom. The maximum Gasteiger partial charge on any atom is 0.274 e. The van der Waals surface area contributed by atoms with Gasteiger partial charge in [0.05, 0.1) is 0 Å². The number of nitrogens with one attached hydrogen (secondary N) is 1. The van der Waals surface area contributed by atoms with E-state index in [9.17, 15) is 9.59 Å². The first kappa shape index (κ1) is 15.7. The number of amides is 1. The molecule has 0 saturated carbocycles. The Hall–Kier alpha value is -2.82. The molecule has 4 rings (SSSR count). The number of likely N-dealkylation sites (tertiary alicyclic amines) is 1. The normalized spacial score (nSPS) is 14.4. The topological polar surface area (TPSA) is 58.1 Å². The number of rotatable bonds is 2. The number of aromatic nitrogens is 2. The molecule has 25 heavy (non-hydrogen) atoms. The summed E-state index contributed by atoms with van der Waals surface area (Å²) in [6.07, 6.45) is 4.04. The molecule has 128 valence electrons. The fraction of sp³-hybridized carbons (Fsp3) is 0.300. The highest BCUT2D eigenvalue weighted by molar-refractivity contribution is 5.97. The van der Waals surface area contributed by atoms with Crippen LogP contribution in [-0.2, 0) is 7.05 Å². The average Bonchev–Trinajstić information content (AvgIpc) is 3.27. The molecule has 0 spiro atoms. The van der Waals surface area contributed by atoms with Gasteiger partial charge in [0.25, 0.3) is 11.5 Å². The van der Waals surface area contributed by atoms with E-state index in [1.165, 1.54) is 0 Å². The van der Waals surface area contributed by atoms with E-state index < -0.39 is 0 Å². The molecule has 1 aromatic carbocycles. The van der Waals surface area contributed by atoms with Crippen LogP contribution >= 0.6 is 0 Å². The Balaban J connectivity index is 1.75. The Kier molecular flexibility index (Phi) is 3.71. The van der Waals surface area contributed by atoms with Crippen molar-refractivity contribution in [1.29, 1.82) is 0 Å². The summed E-state index contributed by atoms with van der Waals surface area (Å²) in [7, 11) is 1.76. The number of H-pyrrole nitrogens is 1. The zero-order valence-electron chi connectivity index (χ0n) is 14.5. The maximum absolute atomic E-state index is 12.5. The third-order valence-corrected chi connectivity index (χ3v) is 4.94. The molecule has 1 saturated heterocycles. The zero-order chi connectivity index (χ0) is 17.6. The maximum atomic E-state index is 12.5.